The minimum absolute atomic E-state index is 0.189. The number of aliphatic hydroxyl groups excluding tert-OH is 11. The lowest BCUT2D eigenvalue weighted by Gasteiger charge is -2.47. The van der Waals surface area contributed by atoms with Gasteiger partial charge >= 0.3 is 5.97 Å². The van der Waals surface area contributed by atoms with Crippen LogP contribution in [0.25, 0.3) is 0 Å². The highest BCUT2D eigenvalue weighted by Crippen LogP contribution is 2.35. The Balaban J connectivity index is 1.64. The number of rotatable bonds is 43. The highest BCUT2D eigenvalue weighted by atomic mass is 16.7. The molecule has 3 saturated heterocycles. The van der Waals surface area contributed by atoms with Gasteiger partial charge in [-0.3, -0.25) is 9.59 Å². The second-order valence-electron chi connectivity index (χ2n) is 22.9. The monoisotopic (exact) mass is 1170 g/mol. The molecule has 23 heteroatoms. The van der Waals surface area contributed by atoms with Gasteiger partial charge in [-0.2, -0.15) is 0 Å². The van der Waals surface area contributed by atoms with Crippen molar-refractivity contribution < 1.29 is 104 Å². The Bertz CT molecular complexity index is 1740. The first-order valence-corrected chi connectivity index (χ1v) is 30.5. The van der Waals surface area contributed by atoms with E-state index in [9.17, 15) is 75.7 Å². The van der Waals surface area contributed by atoms with E-state index in [1.54, 1.807) is 6.08 Å². The Morgan fingerprint density at radius 2 is 1.22 bits per heavy atom. The molecule has 474 valence electrons. The van der Waals surface area contributed by atoms with Crippen molar-refractivity contribution in [3.8, 4) is 0 Å². The molecule has 3 heterocycles. The molecule has 0 bridgehead atoms. The van der Waals surface area contributed by atoms with Crippen LogP contribution in [-0.4, -0.2) is 215 Å². The van der Waals surface area contributed by atoms with Crippen molar-refractivity contribution in [1.82, 2.24) is 10.6 Å². The molecule has 0 aromatic heterocycles. The molecule has 81 heavy (non-hydrogen) atoms. The van der Waals surface area contributed by atoms with Crippen LogP contribution in [0.2, 0.25) is 0 Å². The molecule has 0 aromatic carbocycles. The van der Waals surface area contributed by atoms with E-state index in [1.165, 1.54) is 96.8 Å². The molecular formula is C58H106N2O21. The smallest absolute Gasteiger partial charge is 0.364 e. The van der Waals surface area contributed by atoms with E-state index >= 15 is 0 Å². The van der Waals surface area contributed by atoms with Crippen LogP contribution in [0.5, 0.6) is 0 Å². The minimum atomic E-state index is -2.93. The van der Waals surface area contributed by atoms with Crippen LogP contribution in [0.4, 0.5) is 0 Å². The van der Waals surface area contributed by atoms with Crippen molar-refractivity contribution >= 4 is 17.8 Å². The second kappa shape index (κ2) is 40.0. The van der Waals surface area contributed by atoms with E-state index < -0.39 is 155 Å². The molecule has 0 saturated carbocycles. The molecule has 2 amide bonds. The van der Waals surface area contributed by atoms with E-state index in [0.717, 1.165) is 57.3 Å². The zero-order valence-electron chi connectivity index (χ0n) is 48.8. The first kappa shape index (κ1) is 72.7. The Morgan fingerprint density at radius 3 is 1.79 bits per heavy atom. The topological polar surface area (TPSA) is 373 Å². The Labute approximate surface area is 480 Å². The molecule has 14 N–H and O–H groups in total. The molecule has 3 aliphatic heterocycles. The van der Waals surface area contributed by atoms with Gasteiger partial charge in [-0.15, -0.1) is 0 Å². The number of carbonyl (C=O) groups is 3. The summed E-state index contributed by atoms with van der Waals surface area (Å²) in [6.45, 7) is 4.68. The average molecular weight is 1170 g/mol. The van der Waals surface area contributed by atoms with Gasteiger partial charge in [-0.1, -0.05) is 168 Å². The lowest BCUT2D eigenvalue weighted by molar-refractivity contribution is -0.339. The van der Waals surface area contributed by atoms with Crippen LogP contribution in [0.1, 0.15) is 195 Å². The minimum Gasteiger partial charge on any atom is -0.477 e. The molecule has 0 aromatic rings. The van der Waals surface area contributed by atoms with Crippen LogP contribution in [-0.2, 0) is 42.8 Å². The first-order valence-electron chi connectivity index (χ1n) is 30.5. The van der Waals surface area contributed by atoms with Gasteiger partial charge < -0.3 is 100 Å². The normalized spacial score (nSPS) is 30.9. The Morgan fingerprint density at radius 1 is 0.679 bits per heavy atom. The van der Waals surface area contributed by atoms with Gasteiger partial charge in [-0.05, 0) is 32.1 Å². The lowest BCUT2D eigenvalue weighted by Crippen LogP contribution is -2.69. The van der Waals surface area contributed by atoms with Crippen molar-refractivity contribution in [2.75, 3.05) is 26.4 Å². The summed E-state index contributed by atoms with van der Waals surface area (Å²) < 4.78 is 33.7. The molecule has 19 unspecified atom stereocenters. The molecule has 3 aliphatic rings. The number of amides is 2. The third-order valence-corrected chi connectivity index (χ3v) is 16.0. The summed E-state index contributed by atoms with van der Waals surface area (Å²) in [5, 5.41) is 133. The number of allylic oxidation sites excluding steroid dienone is 1. The highest BCUT2D eigenvalue weighted by Gasteiger charge is 2.57. The third kappa shape index (κ3) is 25.5. The van der Waals surface area contributed by atoms with Gasteiger partial charge in [0.15, 0.2) is 12.6 Å². The van der Waals surface area contributed by atoms with E-state index in [1.807, 2.05) is 6.08 Å². The van der Waals surface area contributed by atoms with Crippen molar-refractivity contribution in [1.29, 1.82) is 0 Å². The summed E-state index contributed by atoms with van der Waals surface area (Å²) in [4.78, 5) is 39.5. The van der Waals surface area contributed by atoms with Gasteiger partial charge in [0.25, 0.3) is 5.79 Å². The number of ether oxygens (including phenoxy) is 6. The van der Waals surface area contributed by atoms with Crippen LogP contribution in [0, 0.1) is 5.92 Å². The van der Waals surface area contributed by atoms with E-state index in [4.69, 9.17) is 28.4 Å². The van der Waals surface area contributed by atoms with E-state index in [-0.39, 0.29) is 12.3 Å². The zero-order valence-corrected chi connectivity index (χ0v) is 48.8. The fourth-order valence-electron chi connectivity index (χ4n) is 10.4. The quantitative estimate of drug-likeness (QED) is 0.0308. The number of carboxylic acid groups (broad SMARTS) is 1. The molecule has 0 radical (unpaired) electrons. The average Bonchev–Trinajstić information content (AvgIpc) is 3.44. The summed E-state index contributed by atoms with van der Waals surface area (Å²) in [6.07, 6.45) is 3.60. The summed E-state index contributed by atoms with van der Waals surface area (Å²) in [7, 11) is 0. The highest BCUT2D eigenvalue weighted by molar-refractivity contribution is 5.78. The first-order chi connectivity index (χ1) is 38.7. The number of hydrogen-bond acceptors (Lipinski definition) is 20. The molecule has 0 aliphatic carbocycles. The van der Waals surface area contributed by atoms with Crippen LogP contribution in [0.3, 0.4) is 0 Å². The zero-order chi connectivity index (χ0) is 59.9. The predicted molar refractivity (Wildman–Crippen MR) is 297 cm³/mol. The van der Waals surface area contributed by atoms with E-state index in [0.29, 0.717) is 12.8 Å². The molecule has 23 nitrogen and oxygen atoms in total. The lowest BCUT2D eigenvalue weighted by atomic mass is 9.88. The van der Waals surface area contributed by atoms with Gasteiger partial charge in [0.1, 0.15) is 67.6 Å². The fraction of sp³-hybridized carbons (Fsp3) is 0.914. The van der Waals surface area contributed by atoms with Crippen LogP contribution < -0.4 is 10.6 Å². The maximum Gasteiger partial charge on any atom is 0.364 e. The predicted octanol–water partition coefficient (Wildman–Crippen LogP) is 2.63. The largest absolute Gasteiger partial charge is 0.477 e. The third-order valence-electron chi connectivity index (χ3n) is 16.0. The maximum atomic E-state index is 13.4. The number of nitrogens with one attached hydrogen (secondary N) is 2. The summed E-state index contributed by atoms with van der Waals surface area (Å²) >= 11 is 0. The number of unbranched alkanes of at least 4 members (excludes halogenated alkanes) is 20. The van der Waals surface area contributed by atoms with Gasteiger partial charge in [-0.25, -0.2) is 4.79 Å². The Hall–Kier alpha value is -2.53. The number of carboxylic acids is 1. The molecule has 19 atom stereocenters. The van der Waals surface area contributed by atoms with Crippen molar-refractivity contribution in [3.63, 3.8) is 0 Å². The van der Waals surface area contributed by atoms with Gasteiger partial charge in [0, 0.05) is 12.8 Å². The molecule has 3 fully saturated rings. The number of aliphatic carboxylic acids is 1. The van der Waals surface area contributed by atoms with Gasteiger partial charge in [0.05, 0.1) is 50.2 Å². The number of aliphatic hydroxyl groups is 11. The molecule has 3 rings (SSSR count). The van der Waals surface area contributed by atoms with Crippen molar-refractivity contribution in [2.45, 2.75) is 304 Å². The van der Waals surface area contributed by atoms with Crippen molar-refractivity contribution in [2.24, 2.45) is 5.92 Å². The number of carbonyl (C=O) groups excluding carboxylic acids is 2. The van der Waals surface area contributed by atoms with Crippen LogP contribution >= 0.6 is 0 Å². The standard InChI is InChI=1S/C58H106N2O21/c1-5-7-8-9-10-11-12-13-14-15-16-17-22-25-28-31-44(65)59-39(40(62)30-27-24-21-19-18-20-23-26-29-37(3)6-2)34-76-56-53(73)51(71)49(69)43(80-56)35-78-58(57(74)75)32-41(63)46(54(81-58)48(68)42(64)33-61)60-45(66)36-77-55-52(72)50(70)47(67)38(4)79-55/h27,30,37-43,46-56,61-64,67-73H,5-26,28-29,31-36H2,1-4H3,(H,59,65)(H,60,66)(H,74,75). The molecule has 0 spiro atoms. The number of hydrogen-bond donors (Lipinski definition) is 14. The summed E-state index contributed by atoms with van der Waals surface area (Å²) in [5.41, 5.74) is 0. The molecular weight excluding hydrogens is 1060 g/mol. The van der Waals surface area contributed by atoms with Crippen molar-refractivity contribution in [3.05, 3.63) is 12.2 Å². The fourth-order valence-corrected chi connectivity index (χ4v) is 10.4. The van der Waals surface area contributed by atoms with E-state index in [2.05, 4.69) is 31.4 Å². The Kier molecular flexibility index (Phi) is 35.9. The maximum absolute atomic E-state index is 13.4. The summed E-state index contributed by atoms with van der Waals surface area (Å²) in [5.74, 6) is -5.49. The van der Waals surface area contributed by atoms with Gasteiger partial charge in [0.2, 0.25) is 11.8 Å². The SMILES string of the molecule is CCCCCCCCCCCCCCCCCC(=O)NC(COC1OC(COC2(C(=O)O)CC(O)C(NC(=O)COC3OC(C)C(O)C(O)C3O)C(C(O)C(O)CO)O2)C(O)C(O)C1O)C(O)C=CCCCCCCCCC(C)CC. The summed E-state index contributed by atoms with van der Waals surface area (Å²) in [6, 6.07) is -2.79. The second-order valence-corrected chi connectivity index (χ2v) is 22.9. The van der Waals surface area contributed by atoms with Crippen LogP contribution in [0.15, 0.2) is 12.2 Å².